The van der Waals surface area contributed by atoms with Gasteiger partial charge >= 0.3 is 0 Å². The van der Waals surface area contributed by atoms with Gasteiger partial charge < -0.3 is 4.90 Å². The predicted octanol–water partition coefficient (Wildman–Crippen LogP) is 17.3. The summed E-state index contributed by atoms with van der Waals surface area (Å²) in [5.41, 5.74) is 19.6. The second kappa shape index (κ2) is 16.6. The smallest absolute Gasteiger partial charge is 0.0714 e. The molecule has 0 spiro atoms. The van der Waals surface area contributed by atoms with E-state index < -0.39 is 5.41 Å². The van der Waals surface area contributed by atoms with Gasteiger partial charge in [-0.1, -0.05) is 243 Å². The standard InChI is InChI=1S/C65H45N/c1-5-23-47(24-6-1)55-34-15-16-35-57(55)63-56(48-25-7-2-8-26-48)37-20-40-61(63)66(54-33-19-28-50(45-54)51-43-42-46-22-13-14-27-49(46)44-51)62-41-21-39-60-64(62)58-36-17-18-38-59(58)65(60,52-29-9-3-10-30-52)53-31-11-4-12-32-53/h1-45H. The number of hydrogen-bond acceptors (Lipinski definition) is 1. The van der Waals surface area contributed by atoms with Gasteiger partial charge in [0, 0.05) is 16.8 Å². The van der Waals surface area contributed by atoms with E-state index in [0.717, 1.165) is 28.2 Å². The van der Waals surface area contributed by atoms with Crippen LogP contribution in [0.5, 0.6) is 0 Å². The average Bonchev–Trinajstić information content (AvgIpc) is 3.71. The Bertz CT molecular complexity index is 3480. The van der Waals surface area contributed by atoms with Crippen LogP contribution in [0.15, 0.2) is 273 Å². The summed E-state index contributed by atoms with van der Waals surface area (Å²) in [5.74, 6) is 0. The fourth-order valence-corrected chi connectivity index (χ4v) is 10.7. The number of fused-ring (bicyclic) bond motifs is 4. The minimum atomic E-state index is -0.558. The maximum Gasteiger partial charge on any atom is 0.0714 e. The molecule has 0 saturated heterocycles. The number of hydrogen-bond donors (Lipinski definition) is 0. The highest BCUT2D eigenvalue weighted by molar-refractivity contribution is 6.04. The van der Waals surface area contributed by atoms with Crippen LogP contribution in [0.3, 0.4) is 0 Å². The van der Waals surface area contributed by atoms with Crippen molar-refractivity contribution in [3.05, 3.63) is 295 Å². The van der Waals surface area contributed by atoms with Crippen molar-refractivity contribution in [2.24, 2.45) is 0 Å². The number of rotatable bonds is 9. The molecule has 11 aromatic rings. The minimum absolute atomic E-state index is 0.558. The number of anilines is 3. The van der Waals surface area contributed by atoms with Crippen molar-refractivity contribution < 1.29 is 0 Å². The molecule has 0 atom stereocenters. The molecule has 12 rings (SSSR count). The van der Waals surface area contributed by atoms with E-state index in [9.17, 15) is 0 Å². The molecule has 1 aliphatic rings. The zero-order chi connectivity index (χ0) is 43.9. The van der Waals surface area contributed by atoms with Crippen molar-refractivity contribution in [3.63, 3.8) is 0 Å². The van der Waals surface area contributed by atoms with Crippen LogP contribution in [0.1, 0.15) is 22.3 Å². The maximum atomic E-state index is 2.55. The minimum Gasteiger partial charge on any atom is -0.309 e. The van der Waals surface area contributed by atoms with Crippen LogP contribution < -0.4 is 4.90 Å². The first-order valence-electron chi connectivity index (χ1n) is 22.8. The molecule has 0 N–H and O–H groups in total. The van der Waals surface area contributed by atoms with Gasteiger partial charge in [0.05, 0.1) is 16.8 Å². The van der Waals surface area contributed by atoms with Crippen LogP contribution in [0, 0.1) is 0 Å². The molecule has 0 radical (unpaired) electrons. The molecule has 1 aliphatic carbocycles. The summed E-state index contributed by atoms with van der Waals surface area (Å²) in [5, 5.41) is 2.46. The van der Waals surface area contributed by atoms with E-state index in [2.05, 4.69) is 278 Å². The lowest BCUT2D eigenvalue weighted by Crippen LogP contribution is -2.28. The summed E-state index contributed by atoms with van der Waals surface area (Å²) in [6, 6.07) is 100. The van der Waals surface area contributed by atoms with Crippen molar-refractivity contribution in [2.45, 2.75) is 5.41 Å². The molecule has 0 fully saturated rings. The van der Waals surface area contributed by atoms with Gasteiger partial charge in [0.15, 0.2) is 0 Å². The summed E-state index contributed by atoms with van der Waals surface area (Å²) >= 11 is 0. The van der Waals surface area contributed by atoms with E-state index in [-0.39, 0.29) is 0 Å². The third-order valence-electron chi connectivity index (χ3n) is 13.5. The summed E-state index contributed by atoms with van der Waals surface area (Å²) in [6.45, 7) is 0. The Balaban J connectivity index is 1.20. The van der Waals surface area contributed by atoms with E-state index in [1.807, 2.05) is 0 Å². The van der Waals surface area contributed by atoms with E-state index in [4.69, 9.17) is 0 Å². The van der Waals surface area contributed by atoms with Crippen molar-refractivity contribution >= 4 is 27.8 Å². The molecule has 0 bridgehead atoms. The normalized spacial score (nSPS) is 12.4. The van der Waals surface area contributed by atoms with Gasteiger partial charge in [-0.3, -0.25) is 0 Å². The Morgan fingerprint density at radius 1 is 0.258 bits per heavy atom. The highest BCUT2D eigenvalue weighted by atomic mass is 15.1. The lowest BCUT2D eigenvalue weighted by atomic mass is 9.68. The molecule has 0 aromatic heterocycles. The van der Waals surface area contributed by atoms with Crippen LogP contribution in [0.25, 0.3) is 66.4 Å². The third-order valence-corrected chi connectivity index (χ3v) is 13.5. The van der Waals surface area contributed by atoms with Gasteiger partial charge in [0.25, 0.3) is 0 Å². The molecule has 11 aromatic carbocycles. The monoisotopic (exact) mass is 839 g/mol. The van der Waals surface area contributed by atoms with Crippen LogP contribution >= 0.6 is 0 Å². The Hall–Kier alpha value is -8.52. The molecular weight excluding hydrogens is 795 g/mol. The first kappa shape index (κ1) is 39.1. The van der Waals surface area contributed by atoms with E-state index >= 15 is 0 Å². The molecular formula is C65H45N. The van der Waals surface area contributed by atoms with Crippen LogP contribution in [0.4, 0.5) is 17.1 Å². The number of nitrogens with zero attached hydrogens (tertiary/aromatic N) is 1. The Kier molecular flexibility index (Phi) is 9.81. The molecule has 310 valence electrons. The molecule has 1 heteroatoms. The Morgan fingerprint density at radius 3 is 1.42 bits per heavy atom. The molecule has 0 aliphatic heterocycles. The average molecular weight is 840 g/mol. The molecule has 0 amide bonds. The Morgan fingerprint density at radius 2 is 0.727 bits per heavy atom. The molecule has 0 saturated carbocycles. The second-order valence-electron chi connectivity index (χ2n) is 17.2. The topological polar surface area (TPSA) is 3.24 Å². The summed E-state index contributed by atoms with van der Waals surface area (Å²) < 4.78 is 0. The van der Waals surface area contributed by atoms with Gasteiger partial charge in [-0.25, -0.2) is 0 Å². The zero-order valence-electron chi connectivity index (χ0n) is 36.4. The predicted molar refractivity (Wildman–Crippen MR) is 278 cm³/mol. The summed E-state index contributed by atoms with van der Waals surface area (Å²) in [6.07, 6.45) is 0. The third kappa shape index (κ3) is 6.47. The maximum absolute atomic E-state index is 2.55. The lowest BCUT2D eigenvalue weighted by molar-refractivity contribution is 0.768. The zero-order valence-corrected chi connectivity index (χ0v) is 36.4. The quantitative estimate of drug-likeness (QED) is 0.140. The first-order chi connectivity index (χ1) is 32.8. The SMILES string of the molecule is c1ccc(-c2ccccc2-c2c(-c3ccccc3)cccc2N(c2cccc(-c3ccc4ccccc4c3)c2)c2cccc3c2-c2ccccc2C3(c2ccccc2)c2ccccc2)cc1. The van der Waals surface area contributed by atoms with Crippen molar-refractivity contribution in [2.75, 3.05) is 4.90 Å². The van der Waals surface area contributed by atoms with Crippen molar-refractivity contribution in [3.8, 4) is 55.6 Å². The van der Waals surface area contributed by atoms with E-state index in [1.165, 1.54) is 77.5 Å². The lowest BCUT2D eigenvalue weighted by Gasteiger charge is -2.35. The fourth-order valence-electron chi connectivity index (χ4n) is 10.7. The van der Waals surface area contributed by atoms with Gasteiger partial charge in [-0.15, -0.1) is 0 Å². The molecule has 1 nitrogen and oxygen atoms in total. The molecule has 0 heterocycles. The first-order valence-corrected chi connectivity index (χ1v) is 22.8. The number of benzene rings is 11. The largest absolute Gasteiger partial charge is 0.309 e. The van der Waals surface area contributed by atoms with E-state index in [1.54, 1.807) is 0 Å². The van der Waals surface area contributed by atoms with Crippen LogP contribution in [0.2, 0.25) is 0 Å². The van der Waals surface area contributed by atoms with Crippen molar-refractivity contribution in [1.82, 2.24) is 0 Å². The van der Waals surface area contributed by atoms with Gasteiger partial charge in [0.2, 0.25) is 0 Å². The van der Waals surface area contributed by atoms with Crippen molar-refractivity contribution in [1.29, 1.82) is 0 Å². The molecule has 0 unspecified atom stereocenters. The highest BCUT2D eigenvalue weighted by Crippen LogP contribution is 2.60. The van der Waals surface area contributed by atoms with Gasteiger partial charge in [0.1, 0.15) is 0 Å². The van der Waals surface area contributed by atoms with Gasteiger partial charge in [-0.05, 0) is 108 Å². The molecule has 66 heavy (non-hydrogen) atoms. The summed E-state index contributed by atoms with van der Waals surface area (Å²) in [4.78, 5) is 2.55. The summed E-state index contributed by atoms with van der Waals surface area (Å²) in [7, 11) is 0. The van der Waals surface area contributed by atoms with Gasteiger partial charge in [-0.2, -0.15) is 0 Å². The fraction of sp³-hybridized carbons (Fsp3) is 0.0154. The van der Waals surface area contributed by atoms with E-state index in [0.29, 0.717) is 0 Å². The van der Waals surface area contributed by atoms with Crippen LogP contribution in [-0.4, -0.2) is 0 Å². The highest BCUT2D eigenvalue weighted by Gasteiger charge is 2.47. The second-order valence-corrected chi connectivity index (χ2v) is 17.2. The Labute approximate surface area is 387 Å². The van der Waals surface area contributed by atoms with Crippen LogP contribution in [-0.2, 0) is 5.41 Å².